The summed E-state index contributed by atoms with van der Waals surface area (Å²) >= 11 is 0. The number of hydrogen-bond acceptors (Lipinski definition) is 2. The summed E-state index contributed by atoms with van der Waals surface area (Å²) in [5.41, 5.74) is 15.1. The summed E-state index contributed by atoms with van der Waals surface area (Å²) in [4.78, 5) is 5.00. The summed E-state index contributed by atoms with van der Waals surface area (Å²) < 4.78 is 15.7. The van der Waals surface area contributed by atoms with E-state index in [-0.39, 0.29) is 37.3 Å². The zero-order valence-corrected chi connectivity index (χ0v) is 45.1. The SMILES string of the molecule is CC(C)(C)c1cc(-[n+]2[c-]n(-c3[c-]c(Oc4[c-]c5c(cc4)c4cc(-n6c7ccccc7c7ccccc76)ccc4n5-c4cc(C(C)(C)C)ccn4)ccc3)c3ccc(-c4ccccc4)cc32)cc(C(C)(C)C)c1.[Pt]. The van der Waals surface area contributed by atoms with Crippen LogP contribution in [0.5, 0.6) is 11.5 Å². The monoisotopic (exact) mass is 1130 g/mol. The average molecular weight is 1130 g/mol. The van der Waals surface area contributed by atoms with Crippen molar-refractivity contribution in [3.8, 4) is 45.5 Å². The van der Waals surface area contributed by atoms with Gasteiger partial charge in [-0.1, -0.05) is 153 Å². The van der Waals surface area contributed by atoms with Gasteiger partial charge >= 0.3 is 0 Å². The molecule has 12 rings (SSSR count). The van der Waals surface area contributed by atoms with Crippen molar-refractivity contribution in [2.45, 2.75) is 78.6 Å². The van der Waals surface area contributed by atoms with Crippen LogP contribution in [0, 0.1) is 18.5 Å². The third kappa shape index (κ3) is 8.56. The van der Waals surface area contributed by atoms with Crippen LogP contribution in [0.1, 0.15) is 79.0 Å². The normalized spacial score (nSPS) is 12.3. The second kappa shape index (κ2) is 17.9. The van der Waals surface area contributed by atoms with Crippen LogP contribution < -0.4 is 9.30 Å². The maximum atomic E-state index is 6.80. The van der Waals surface area contributed by atoms with Gasteiger partial charge in [0.05, 0.1) is 27.8 Å². The number of aromatic nitrogens is 5. The Balaban J connectivity index is 0.00000574. The van der Waals surface area contributed by atoms with Crippen LogP contribution in [0.4, 0.5) is 0 Å². The molecule has 8 aromatic carbocycles. The first-order valence-corrected chi connectivity index (χ1v) is 25.0. The molecule has 0 fully saturated rings. The molecule has 4 heterocycles. The second-order valence-corrected chi connectivity index (χ2v) is 22.3. The molecular weight excluding hydrogens is 1070 g/mol. The van der Waals surface area contributed by atoms with Crippen LogP contribution >= 0.6 is 0 Å². The van der Waals surface area contributed by atoms with Gasteiger partial charge in [0.15, 0.2) is 0 Å². The molecule has 0 radical (unpaired) electrons. The van der Waals surface area contributed by atoms with E-state index in [1.807, 2.05) is 24.4 Å². The Kier molecular flexibility index (Phi) is 11.7. The summed E-state index contributed by atoms with van der Waals surface area (Å²) in [5, 5.41) is 4.62. The van der Waals surface area contributed by atoms with E-state index in [1.54, 1.807) is 0 Å². The van der Waals surface area contributed by atoms with Gasteiger partial charge in [0.2, 0.25) is 0 Å². The Morgan fingerprint density at radius 3 is 1.78 bits per heavy atom. The van der Waals surface area contributed by atoms with Crippen molar-refractivity contribution in [3.05, 3.63) is 217 Å². The summed E-state index contributed by atoms with van der Waals surface area (Å²) in [6.07, 6.45) is 5.71. The third-order valence-corrected chi connectivity index (χ3v) is 14.2. The first-order valence-electron chi connectivity index (χ1n) is 25.0. The molecule has 0 N–H and O–H groups in total. The molecule has 364 valence electrons. The Morgan fingerprint density at radius 1 is 0.466 bits per heavy atom. The Hall–Kier alpha value is -7.53. The molecular formula is C66H57N5OPt-2. The zero-order valence-electron chi connectivity index (χ0n) is 42.8. The van der Waals surface area contributed by atoms with Crippen LogP contribution in [0.25, 0.3) is 88.7 Å². The standard InChI is InChI=1S/C66H57N5O.Pt/c1-64(2,3)45-32-33-67-63(38-45)71-59-31-27-49(70-57-24-15-13-22-53(57)54-23-14-16-25-58(54)70)40-56(59)55-29-28-52(41-61(55)71)72-51-21-17-20-48(39-51)68-42-69(50-36-46(65(4,5)6)35-47(37-50)66(7,8)9)62-34-44(26-30-60(62)68)43-18-11-10-12-19-43;/h10-38,40H,1-9H3;/q-2;. The molecule has 0 atom stereocenters. The van der Waals surface area contributed by atoms with Crippen LogP contribution in [-0.2, 0) is 37.3 Å². The van der Waals surface area contributed by atoms with Crippen molar-refractivity contribution in [1.29, 1.82) is 0 Å². The molecule has 7 heteroatoms. The number of ether oxygens (including phenoxy) is 1. The second-order valence-electron chi connectivity index (χ2n) is 22.3. The molecule has 0 aliphatic carbocycles. The van der Waals surface area contributed by atoms with Gasteiger partial charge in [-0.25, -0.2) is 4.98 Å². The quantitative estimate of drug-likeness (QED) is 0.118. The number of para-hydroxylation sites is 2. The number of hydrogen-bond donors (Lipinski definition) is 0. The molecule has 0 spiro atoms. The minimum atomic E-state index is -0.0727. The molecule has 0 aliphatic heterocycles. The fourth-order valence-electron chi connectivity index (χ4n) is 10.2. The van der Waals surface area contributed by atoms with Gasteiger partial charge in [-0.2, -0.15) is 18.2 Å². The smallest absolute Gasteiger partial charge is 0.268 e. The molecule has 0 saturated heterocycles. The Labute approximate surface area is 442 Å². The Morgan fingerprint density at radius 2 is 1.10 bits per heavy atom. The molecule has 0 unspecified atom stereocenters. The number of nitrogens with zero attached hydrogens (tertiary/aromatic N) is 5. The van der Waals surface area contributed by atoms with Crippen LogP contribution in [0.2, 0.25) is 0 Å². The molecule has 0 amide bonds. The number of imidazole rings is 1. The van der Waals surface area contributed by atoms with Crippen molar-refractivity contribution in [2.75, 3.05) is 0 Å². The van der Waals surface area contributed by atoms with Gasteiger partial charge < -0.3 is 18.4 Å². The minimum absolute atomic E-state index is 0. The summed E-state index contributed by atoms with van der Waals surface area (Å²) in [6.45, 7) is 20.4. The first-order chi connectivity index (χ1) is 34.6. The van der Waals surface area contributed by atoms with E-state index in [9.17, 15) is 0 Å². The molecule has 73 heavy (non-hydrogen) atoms. The first kappa shape index (κ1) is 47.8. The van der Waals surface area contributed by atoms with E-state index in [2.05, 4.69) is 257 Å². The van der Waals surface area contributed by atoms with Crippen LogP contribution in [0.3, 0.4) is 0 Å². The van der Waals surface area contributed by atoms with Gasteiger partial charge in [0.25, 0.3) is 6.33 Å². The molecule has 4 aromatic heterocycles. The largest absolute Gasteiger partial charge is 0.510 e. The fraction of sp³-hybridized carbons (Fsp3) is 0.182. The Bertz CT molecular complexity index is 3990. The molecule has 0 saturated carbocycles. The average Bonchev–Trinajstić information content (AvgIpc) is 4.03. The van der Waals surface area contributed by atoms with Gasteiger partial charge in [0.1, 0.15) is 5.82 Å². The van der Waals surface area contributed by atoms with Gasteiger partial charge in [-0.3, -0.25) is 4.57 Å². The van der Waals surface area contributed by atoms with E-state index < -0.39 is 0 Å². The van der Waals surface area contributed by atoms with Crippen molar-refractivity contribution >= 4 is 54.6 Å². The van der Waals surface area contributed by atoms with Crippen molar-refractivity contribution < 1.29 is 30.4 Å². The van der Waals surface area contributed by atoms with Crippen LogP contribution in [-0.4, -0.2) is 18.7 Å². The van der Waals surface area contributed by atoms with E-state index in [1.165, 1.54) is 38.5 Å². The maximum Gasteiger partial charge on any atom is 0.268 e. The molecule has 0 bridgehead atoms. The van der Waals surface area contributed by atoms with Crippen molar-refractivity contribution in [1.82, 2.24) is 18.7 Å². The number of fused-ring (bicyclic) bond motifs is 7. The van der Waals surface area contributed by atoms with Crippen molar-refractivity contribution in [2.24, 2.45) is 0 Å². The van der Waals surface area contributed by atoms with E-state index in [0.717, 1.165) is 66.8 Å². The number of rotatable bonds is 7. The van der Waals surface area contributed by atoms with Crippen molar-refractivity contribution in [3.63, 3.8) is 0 Å². The topological polar surface area (TPSA) is 40.8 Å². The molecule has 6 nitrogen and oxygen atoms in total. The minimum Gasteiger partial charge on any atom is -0.510 e. The summed E-state index contributed by atoms with van der Waals surface area (Å²) in [7, 11) is 0. The molecule has 12 aromatic rings. The van der Waals surface area contributed by atoms with Gasteiger partial charge in [-0.15, -0.1) is 29.7 Å². The zero-order chi connectivity index (χ0) is 49.7. The number of pyridine rings is 1. The summed E-state index contributed by atoms with van der Waals surface area (Å²) in [5.74, 6) is 1.97. The molecule has 0 aliphatic rings. The maximum absolute atomic E-state index is 6.80. The van der Waals surface area contributed by atoms with E-state index >= 15 is 0 Å². The summed E-state index contributed by atoms with van der Waals surface area (Å²) in [6, 6.07) is 70.2. The van der Waals surface area contributed by atoms with E-state index in [4.69, 9.17) is 9.72 Å². The van der Waals surface area contributed by atoms with Gasteiger partial charge in [-0.05, 0) is 116 Å². The van der Waals surface area contributed by atoms with Crippen LogP contribution in [0.15, 0.2) is 182 Å². The van der Waals surface area contributed by atoms with Gasteiger partial charge in [0, 0.05) is 60.7 Å². The predicted octanol–water partition coefficient (Wildman–Crippen LogP) is 16.2. The number of benzene rings is 8. The predicted molar refractivity (Wildman–Crippen MR) is 296 cm³/mol. The fourth-order valence-corrected chi connectivity index (χ4v) is 10.2. The van der Waals surface area contributed by atoms with E-state index in [0.29, 0.717) is 11.5 Å². The third-order valence-electron chi connectivity index (χ3n) is 14.2.